The summed E-state index contributed by atoms with van der Waals surface area (Å²) in [5.41, 5.74) is 0.543. The molecule has 1 fully saturated rings. The van der Waals surface area contributed by atoms with Crippen molar-refractivity contribution < 1.29 is 4.79 Å². The van der Waals surface area contributed by atoms with Crippen molar-refractivity contribution in [1.29, 1.82) is 0 Å². The molecule has 2 rings (SSSR count). The predicted molar refractivity (Wildman–Crippen MR) is 75.3 cm³/mol. The van der Waals surface area contributed by atoms with Crippen LogP contribution >= 0.6 is 11.3 Å². The third kappa shape index (κ3) is 3.22. The SMILES string of the molecule is CC(C)NC(=O)c1csc(N2CCC[C@H](C)C2)n1. The summed E-state index contributed by atoms with van der Waals surface area (Å²) in [6, 6.07) is 0.151. The minimum atomic E-state index is -0.0717. The predicted octanol–water partition coefficient (Wildman–Crippen LogP) is 2.52. The van der Waals surface area contributed by atoms with Gasteiger partial charge in [0.05, 0.1) is 0 Å². The summed E-state index contributed by atoms with van der Waals surface area (Å²) in [7, 11) is 0. The molecule has 0 radical (unpaired) electrons. The van der Waals surface area contributed by atoms with Crippen molar-refractivity contribution in [3.05, 3.63) is 11.1 Å². The second-order valence-corrected chi connectivity index (χ2v) is 6.17. The second kappa shape index (κ2) is 5.69. The molecule has 1 N–H and O–H groups in total. The van der Waals surface area contributed by atoms with E-state index in [1.807, 2.05) is 19.2 Å². The molecule has 1 atom stereocenters. The minimum Gasteiger partial charge on any atom is -0.349 e. The topological polar surface area (TPSA) is 45.2 Å². The number of aromatic nitrogens is 1. The zero-order chi connectivity index (χ0) is 13.1. The first kappa shape index (κ1) is 13.3. The van der Waals surface area contributed by atoms with E-state index in [1.165, 1.54) is 12.8 Å². The van der Waals surface area contributed by atoms with E-state index in [2.05, 4.69) is 22.1 Å². The van der Waals surface area contributed by atoms with Gasteiger partial charge in [-0.15, -0.1) is 11.3 Å². The number of nitrogens with zero attached hydrogens (tertiary/aromatic N) is 2. The average molecular weight is 267 g/mol. The van der Waals surface area contributed by atoms with Crippen molar-refractivity contribution in [1.82, 2.24) is 10.3 Å². The number of thiazole rings is 1. The first-order valence-electron chi connectivity index (χ1n) is 6.57. The molecule has 0 aliphatic carbocycles. The van der Waals surface area contributed by atoms with Crippen LogP contribution < -0.4 is 10.2 Å². The second-order valence-electron chi connectivity index (χ2n) is 5.34. The van der Waals surface area contributed by atoms with Crippen LogP contribution in [0.2, 0.25) is 0 Å². The summed E-state index contributed by atoms with van der Waals surface area (Å²) in [5.74, 6) is 0.646. The molecule has 0 bridgehead atoms. The van der Waals surface area contributed by atoms with Crippen molar-refractivity contribution in [2.24, 2.45) is 5.92 Å². The van der Waals surface area contributed by atoms with Crippen LogP contribution in [0, 0.1) is 5.92 Å². The number of rotatable bonds is 3. The Morgan fingerprint density at radius 2 is 2.39 bits per heavy atom. The normalized spacial score (nSPS) is 20.2. The van der Waals surface area contributed by atoms with Crippen molar-refractivity contribution in [2.45, 2.75) is 39.7 Å². The maximum atomic E-state index is 11.8. The van der Waals surface area contributed by atoms with Gasteiger partial charge in [0.1, 0.15) is 5.69 Å². The Morgan fingerprint density at radius 3 is 3.06 bits per heavy atom. The van der Waals surface area contributed by atoms with E-state index >= 15 is 0 Å². The molecule has 1 amide bonds. The molecule has 18 heavy (non-hydrogen) atoms. The smallest absolute Gasteiger partial charge is 0.271 e. The van der Waals surface area contributed by atoms with E-state index in [1.54, 1.807) is 11.3 Å². The number of anilines is 1. The quantitative estimate of drug-likeness (QED) is 0.915. The van der Waals surface area contributed by atoms with Gasteiger partial charge in [0.25, 0.3) is 5.91 Å². The first-order chi connectivity index (χ1) is 8.56. The number of hydrogen-bond donors (Lipinski definition) is 1. The highest BCUT2D eigenvalue weighted by Gasteiger charge is 2.20. The molecule has 0 unspecified atom stereocenters. The van der Waals surface area contributed by atoms with Gasteiger partial charge in [-0.3, -0.25) is 4.79 Å². The van der Waals surface area contributed by atoms with E-state index < -0.39 is 0 Å². The van der Waals surface area contributed by atoms with Crippen LogP contribution in [0.5, 0.6) is 0 Å². The summed E-state index contributed by atoms with van der Waals surface area (Å²) >= 11 is 1.57. The zero-order valence-corrected chi connectivity index (χ0v) is 12.1. The number of carbonyl (C=O) groups is 1. The Morgan fingerprint density at radius 1 is 1.61 bits per heavy atom. The maximum Gasteiger partial charge on any atom is 0.271 e. The molecule has 4 nitrogen and oxygen atoms in total. The molecule has 100 valence electrons. The standard InChI is InChI=1S/C13H21N3OS/c1-9(2)14-12(17)11-8-18-13(15-11)16-6-4-5-10(3)7-16/h8-10H,4-7H2,1-3H3,(H,14,17)/t10-/m0/s1. The highest BCUT2D eigenvalue weighted by Crippen LogP contribution is 2.26. The molecule has 0 aromatic carbocycles. The molecule has 2 heterocycles. The number of piperidine rings is 1. The molecule has 1 aliphatic rings. The Kier molecular flexibility index (Phi) is 4.22. The van der Waals surface area contributed by atoms with Gasteiger partial charge in [-0.1, -0.05) is 6.92 Å². The number of carbonyl (C=O) groups excluding carboxylic acids is 1. The van der Waals surface area contributed by atoms with Crippen LogP contribution in [-0.4, -0.2) is 30.0 Å². The summed E-state index contributed by atoms with van der Waals surface area (Å²) in [6.45, 7) is 8.29. The van der Waals surface area contributed by atoms with E-state index in [-0.39, 0.29) is 11.9 Å². The fourth-order valence-electron chi connectivity index (χ4n) is 2.21. The van der Waals surface area contributed by atoms with E-state index in [0.717, 1.165) is 24.1 Å². The Bertz CT molecular complexity index is 416. The largest absolute Gasteiger partial charge is 0.349 e. The molecule has 1 aliphatic heterocycles. The summed E-state index contributed by atoms with van der Waals surface area (Å²) in [6.07, 6.45) is 2.51. The van der Waals surface area contributed by atoms with E-state index in [9.17, 15) is 4.79 Å². The molecule has 0 spiro atoms. The molecular weight excluding hydrogens is 246 g/mol. The lowest BCUT2D eigenvalue weighted by molar-refractivity contribution is 0.0939. The van der Waals surface area contributed by atoms with Gasteiger partial charge < -0.3 is 10.2 Å². The fraction of sp³-hybridized carbons (Fsp3) is 0.692. The maximum absolute atomic E-state index is 11.8. The van der Waals surface area contributed by atoms with Crippen LogP contribution in [0.4, 0.5) is 5.13 Å². The molecule has 1 aromatic rings. The van der Waals surface area contributed by atoms with E-state index in [4.69, 9.17) is 0 Å². The molecule has 5 heteroatoms. The molecular formula is C13H21N3OS. The van der Waals surface area contributed by atoms with Crippen molar-refractivity contribution in [2.75, 3.05) is 18.0 Å². The van der Waals surface area contributed by atoms with Gasteiger partial charge in [-0.2, -0.15) is 0 Å². The van der Waals surface area contributed by atoms with Crippen molar-refractivity contribution in [3.8, 4) is 0 Å². The lowest BCUT2D eigenvalue weighted by Gasteiger charge is -2.30. The molecule has 1 aromatic heterocycles. The van der Waals surface area contributed by atoms with Crippen LogP contribution in [-0.2, 0) is 0 Å². The Balaban J connectivity index is 2.03. The van der Waals surface area contributed by atoms with Crippen LogP contribution in [0.15, 0.2) is 5.38 Å². The highest BCUT2D eigenvalue weighted by atomic mass is 32.1. The van der Waals surface area contributed by atoms with Gasteiger partial charge >= 0.3 is 0 Å². The number of nitrogens with one attached hydrogen (secondary N) is 1. The van der Waals surface area contributed by atoms with E-state index in [0.29, 0.717) is 5.69 Å². The molecule has 1 saturated heterocycles. The number of amides is 1. The Labute approximate surface area is 112 Å². The number of hydrogen-bond acceptors (Lipinski definition) is 4. The summed E-state index contributed by atoms with van der Waals surface area (Å²) in [5, 5.41) is 5.71. The Hall–Kier alpha value is -1.10. The average Bonchev–Trinajstić information content (AvgIpc) is 2.77. The van der Waals surface area contributed by atoms with Gasteiger partial charge in [0.15, 0.2) is 5.13 Å². The first-order valence-corrected chi connectivity index (χ1v) is 7.45. The third-order valence-corrected chi connectivity index (χ3v) is 3.97. The lowest BCUT2D eigenvalue weighted by Crippen LogP contribution is -2.34. The monoisotopic (exact) mass is 267 g/mol. The van der Waals surface area contributed by atoms with Gasteiger partial charge in [0.2, 0.25) is 0 Å². The van der Waals surface area contributed by atoms with Gasteiger partial charge in [-0.05, 0) is 32.6 Å². The van der Waals surface area contributed by atoms with Crippen molar-refractivity contribution >= 4 is 22.4 Å². The van der Waals surface area contributed by atoms with Gasteiger partial charge in [-0.25, -0.2) is 4.98 Å². The zero-order valence-electron chi connectivity index (χ0n) is 11.3. The van der Waals surface area contributed by atoms with Crippen molar-refractivity contribution in [3.63, 3.8) is 0 Å². The summed E-state index contributed by atoms with van der Waals surface area (Å²) in [4.78, 5) is 18.6. The third-order valence-electron chi connectivity index (χ3n) is 3.07. The van der Waals surface area contributed by atoms with Crippen LogP contribution in [0.3, 0.4) is 0 Å². The summed E-state index contributed by atoms with van der Waals surface area (Å²) < 4.78 is 0. The fourth-order valence-corrected chi connectivity index (χ4v) is 3.06. The molecule has 0 saturated carbocycles. The minimum absolute atomic E-state index is 0.0717. The van der Waals surface area contributed by atoms with Crippen LogP contribution in [0.1, 0.15) is 44.1 Å². The van der Waals surface area contributed by atoms with Crippen LogP contribution in [0.25, 0.3) is 0 Å². The highest BCUT2D eigenvalue weighted by molar-refractivity contribution is 7.13. The van der Waals surface area contributed by atoms with Gasteiger partial charge in [0, 0.05) is 24.5 Å². The lowest BCUT2D eigenvalue weighted by atomic mass is 10.0.